The Kier molecular flexibility index (Phi) is 2.21. The standard InChI is InChI=1S/C8H5Cl3O/c9-4-1-5(10)8(6(11)2-4)7-3-12-7/h1-2,7H,3H2. The van der Waals surface area contributed by atoms with Crippen molar-refractivity contribution in [3.63, 3.8) is 0 Å². The molecule has 1 aliphatic heterocycles. The first kappa shape index (κ1) is 8.64. The van der Waals surface area contributed by atoms with Gasteiger partial charge < -0.3 is 4.74 Å². The molecule has 0 amide bonds. The van der Waals surface area contributed by atoms with Crippen LogP contribution >= 0.6 is 34.8 Å². The van der Waals surface area contributed by atoms with Crippen molar-refractivity contribution in [1.29, 1.82) is 0 Å². The molecule has 1 nitrogen and oxygen atoms in total. The summed E-state index contributed by atoms with van der Waals surface area (Å²) < 4.78 is 5.08. The zero-order chi connectivity index (χ0) is 8.72. The first-order valence-electron chi connectivity index (χ1n) is 3.44. The third kappa shape index (κ3) is 1.55. The Balaban J connectivity index is 2.51. The normalized spacial score (nSPS) is 21.1. The molecule has 1 atom stereocenters. The number of epoxide rings is 1. The van der Waals surface area contributed by atoms with Crippen molar-refractivity contribution in [2.45, 2.75) is 6.10 Å². The van der Waals surface area contributed by atoms with Gasteiger partial charge in [0.2, 0.25) is 0 Å². The number of hydrogen-bond acceptors (Lipinski definition) is 1. The molecule has 0 N–H and O–H groups in total. The van der Waals surface area contributed by atoms with Crippen LogP contribution in [0.4, 0.5) is 0 Å². The quantitative estimate of drug-likeness (QED) is 0.661. The second kappa shape index (κ2) is 3.08. The van der Waals surface area contributed by atoms with Gasteiger partial charge in [0.1, 0.15) is 6.10 Å². The van der Waals surface area contributed by atoms with Crippen molar-refractivity contribution in [1.82, 2.24) is 0 Å². The molecule has 1 fully saturated rings. The lowest BCUT2D eigenvalue weighted by molar-refractivity contribution is 0.416. The first-order chi connectivity index (χ1) is 5.68. The molecular weight excluding hydrogens is 218 g/mol. The van der Waals surface area contributed by atoms with Crippen molar-refractivity contribution in [3.05, 3.63) is 32.8 Å². The van der Waals surface area contributed by atoms with E-state index in [0.29, 0.717) is 21.7 Å². The predicted octanol–water partition coefficient (Wildman–Crippen LogP) is 3.72. The zero-order valence-electron chi connectivity index (χ0n) is 5.98. The molecule has 2 rings (SSSR count). The third-order valence-electron chi connectivity index (χ3n) is 1.70. The Morgan fingerprint density at radius 2 is 1.67 bits per heavy atom. The van der Waals surface area contributed by atoms with Gasteiger partial charge in [-0.1, -0.05) is 34.8 Å². The molecule has 0 radical (unpaired) electrons. The molecular formula is C8H5Cl3O. The van der Waals surface area contributed by atoms with Gasteiger partial charge in [0.25, 0.3) is 0 Å². The van der Waals surface area contributed by atoms with Gasteiger partial charge in [-0.3, -0.25) is 0 Å². The van der Waals surface area contributed by atoms with E-state index in [4.69, 9.17) is 39.5 Å². The number of ether oxygens (including phenoxy) is 1. The van der Waals surface area contributed by atoms with Crippen LogP contribution in [0.15, 0.2) is 12.1 Å². The summed E-state index contributed by atoms with van der Waals surface area (Å²) in [6.07, 6.45) is 0.0715. The molecule has 0 aliphatic carbocycles. The Labute approximate surface area is 85.2 Å². The van der Waals surface area contributed by atoms with Gasteiger partial charge >= 0.3 is 0 Å². The zero-order valence-corrected chi connectivity index (χ0v) is 8.25. The molecule has 64 valence electrons. The van der Waals surface area contributed by atoms with Gasteiger partial charge in [0.05, 0.1) is 6.61 Å². The summed E-state index contributed by atoms with van der Waals surface area (Å²) in [5.74, 6) is 0. The average Bonchev–Trinajstić information content (AvgIpc) is 2.68. The second-order valence-corrected chi connectivity index (χ2v) is 3.86. The summed E-state index contributed by atoms with van der Waals surface area (Å²) in [5, 5.41) is 1.71. The van der Waals surface area contributed by atoms with Crippen LogP contribution in [0.1, 0.15) is 11.7 Å². The highest BCUT2D eigenvalue weighted by Gasteiger charge is 2.29. The molecule has 1 aliphatic rings. The van der Waals surface area contributed by atoms with Gasteiger partial charge in [-0.2, -0.15) is 0 Å². The fourth-order valence-corrected chi connectivity index (χ4v) is 2.14. The van der Waals surface area contributed by atoms with Crippen molar-refractivity contribution in [2.75, 3.05) is 6.61 Å². The minimum Gasteiger partial charge on any atom is -0.368 e. The molecule has 0 spiro atoms. The molecule has 1 aromatic rings. The van der Waals surface area contributed by atoms with Gasteiger partial charge in [0.15, 0.2) is 0 Å². The minimum atomic E-state index is 0.0715. The molecule has 1 aromatic carbocycles. The fourth-order valence-electron chi connectivity index (χ4n) is 1.08. The molecule has 1 saturated heterocycles. The summed E-state index contributed by atoms with van der Waals surface area (Å²) in [7, 11) is 0. The van der Waals surface area contributed by atoms with Crippen LogP contribution < -0.4 is 0 Å². The van der Waals surface area contributed by atoms with Crippen molar-refractivity contribution in [2.24, 2.45) is 0 Å². The van der Waals surface area contributed by atoms with Gasteiger partial charge in [-0.15, -0.1) is 0 Å². The van der Waals surface area contributed by atoms with E-state index < -0.39 is 0 Å². The Morgan fingerprint density at radius 3 is 2.08 bits per heavy atom. The van der Waals surface area contributed by atoms with Crippen LogP contribution in [0.2, 0.25) is 15.1 Å². The fraction of sp³-hybridized carbons (Fsp3) is 0.250. The predicted molar refractivity (Wildman–Crippen MR) is 50.2 cm³/mol. The van der Waals surface area contributed by atoms with E-state index in [2.05, 4.69) is 0 Å². The molecule has 1 heterocycles. The van der Waals surface area contributed by atoms with E-state index in [1.54, 1.807) is 12.1 Å². The van der Waals surface area contributed by atoms with E-state index >= 15 is 0 Å². The lowest BCUT2D eigenvalue weighted by Gasteiger charge is -2.03. The summed E-state index contributed by atoms with van der Waals surface area (Å²) in [5.41, 5.74) is 0.850. The first-order valence-corrected chi connectivity index (χ1v) is 4.58. The molecule has 12 heavy (non-hydrogen) atoms. The number of benzene rings is 1. The van der Waals surface area contributed by atoms with Crippen molar-refractivity contribution >= 4 is 34.8 Å². The monoisotopic (exact) mass is 222 g/mol. The van der Waals surface area contributed by atoms with E-state index in [9.17, 15) is 0 Å². The molecule has 1 unspecified atom stereocenters. The number of hydrogen-bond donors (Lipinski definition) is 0. The van der Waals surface area contributed by atoms with Crippen LogP contribution in [-0.2, 0) is 4.74 Å². The molecule has 0 saturated carbocycles. The smallest absolute Gasteiger partial charge is 0.109 e. The van der Waals surface area contributed by atoms with Crippen LogP contribution in [-0.4, -0.2) is 6.61 Å². The van der Waals surface area contributed by atoms with Gasteiger partial charge in [0, 0.05) is 20.6 Å². The van der Waals surface area contributed by atoms with Gasteiger partial charge in [-0.25, -0.2) is 0 Å². The van der Waals surface area contributed by atoms with Gasteiger partial charge in [-0.05, 0) is 12.1 Å². The lowest BCUT2D eigenvalue weighted by atomic mass is 10.2. The van der Waals surface area contributed by atoms with Crippen molar-refractivity contribution < 1.29 is 4.74 Å². The Hall–Kier alpha value is 0.0500. The highest BCUT2D eigenvalue weighted by atomic mass is 35.5. The molecule has 4 heteroatoms. The summed E-state index contributed by atoms with van der Waals surface area (Å²) in [4.78, 5) is 0. The maximum absolute atomic E-state index is 5.92. The Morgan fingerprint density at radius 1 is 1.17 bits per heavy atom. The average molecular weight is 223 g/mol. The minimum absolute atomic E-state index is 0.0715. The highest BCUT2D eigenvalue weighted by molar-refractivity contribution is 6.39. The number of rotatable bonds is 1. The summed E-state index contributed by atoms with van der Waals surface area (Å²) >= 11 is 17.6. The van der Waals surface area contributed by atoms with Crippen LogP contribution in [0.3, 0.4) is 0 Å². The SMILES string of the molecule is Clc1cc(Cl)c(C2CO2)c(Cl)c1. The maximum atomic E-state index is 5.92. The third-order valence-corrected chi connectivity index (χ3v) is 2.54. The lowest BCUT2D eigenvalue weighted by Crippen LogP contribution is -1.84. The van der Waals surface area contributed by atoms with Crippen LogP contribution in [0, 0.1) is 0 Å². The van der Waals surface area contributed by atoms with Crippen LogP contribution in [0.5, 0.6) is 0 Å². The topological polar surface area (TPSA) is 12.5 Å². The van der Waals surface area contributed by atoms with E-state index in [0.717, 1.165) is 5.56 Å². The molecule has 0 bridgehead atoms. The van der Waals surface area contributed by atoms with Crippen LogP contribution in [0.25, 0.3) is 0 Å². The number of halogens is 3. The maximum Gasteiger partial charge on any atom is 0.109 e. The molecule has 0 aromatic heterocycles. The van der Waals surface area contributed by atoms with E-state index in [1.165, 1.54) is 0 Å². The largest absolute Gasteiger partial charge is 0.368 e. The second-order valence-electron chi connectivity index (χ2n) is 2.61. The van der Waals surface area contributed by atoms with E-state index in [1.807, 2.05) is 0 Å². The van der Waals surface area contributed by atoms with E-state index in [-0.39, 0.29) is 6.10 Å². The van der Waals surface area contributed by atoms with Crippen molar-refractivity contribution in [3.8, 4) is 0 Å². The summed E-state index contributed by atoms with van der Waals surface area (Å²) in [6.45, 7) is 0.696. The Bertz CT molecular complexity index is 297. The highest BCUT2D eigenvalue weighted by Crippen LogP contribution is 2.40. The summed E-state index contributed by atoms with van der Waals surface area (Å²) in [6, 6.07) is 3.35.